The van der Waals surface area contributed by atoms with Gasteiger partial charge in [0.15, 0.2) is 6.29 Å². The number of likely N-dealkylation sites (N-methyl/N-ethyl adjacent to an activating group) is 1. The summed E-state index contributed by atoms with van der Waals surface area (Å²) in [5, 5.41) is 15.4. The molecule has 6 rings (SSSR count). The summed E-state index contributed by atoms with van der Waals surface area (Å²) < 4.78 is 19.2. The molecule has 1 aliphatic rings. The molecule has 0 saturated carbocycles. The molecule has 1 fully saturated rings. The van der Waals surface area contributed by atoms with E-state index >= 15 is 0 Å². The van der Waals surface area contributed by atoms with E-state index in [-0.39, 0.29) is 36.8 Å². The van der Waals surface area contributed by atoms with Gasteiger partial charge in [-0.3, -0.25) is 4.90 Å². The van der Waals surface area contributed by atoms with Gasteiger partial charge in [0.05, 0.1) is 18.8 Å². The zero-order valence-electron chi connectivity index (χ0n) is 28.0. The Labute approximate surface area is 288 Å². The van der Waals surface area contributed by atoms with Crippen molar-refractivity contribution < 1.29 is 24.1 Å². The van der Waals surface area contributed by atoms with Crippen LogP contribution in [0.5, 0.6) is 11.5 Å². The van der Waals surface area contributed by atoms with E-state index < -0.39 is 6.29 Å². The first kappa shape index (κ1) is 33.9. The fourth-order valence-corrected chi connectivity index (χ4v) is 6.04. The molecule has 8 heteroatoms. The van der Waals surface area contributed by atoms with E-state index in [1.54, 1.807) is 12.1 Å². The Kier molecular flexibility index (Phi) is 11.0. The second kappa shape index (κ2) is 15.9. The number of hydrogen-bond acceptors (Lipinski definition) is 6. The number of urea groups is 1. The van der Waals surface area contributed by atoms with Gasteiger partial charge in [-0.2, -0.15) is 0 Å². The average Bonchev–Trinajstić information content (AvgIpc) is 3.14. The van der Waals surface area contributed by atoms with E-state index in [0.29, 0.717) is 23.7 Å². The number of aliphatic hydroxyl groups excluding tert-OH is 1. The van der Waals surface area contributed by atoms with E-state index in [4.69, 9.17) is 14.2 Å². The number of para-hydroxylation sites is 1. The lowest BCUT2D eigenvalue weighted by Crippen LogP contribution is -2.44. The smallest absolute Gasteiger partial charge is 0.323 e. The van der Waals surface area contributed by atoms with Crippen LogP contribution in [0.3, 0.4) is 0 Å². The number of hydrogen-bond donors (Lipinski definition) is 3. The minimum absolute atomic E-state index is 0.0146. The molecule has 0 spiro atoms. The van der Waals surface area contributed by atoms with Gasteiger partial charge in [0.2, 0.25) is 0 Å². The maximum absolute atomic E-state index is 13.0. The molecular formula is C41H43N3O5. The number of nitrogens with zero attached hydrogens (tertiary/aromatic N) is 1. The summed E-state index contributed by atoms with van der Waals surface area (Å²) in [4.78, 5) is 15.3. The van der Waals surface area contributed by atoms with Gasteiger partial charge in [-0.1, -0.05) is 91.9 Å². The van der Waals surface area contributed by atoms with E-state index in [1.807, 2.05) is 97.1 Å². The van der Waals surface area contributed by atoms with E-state index in [9.17, 15) is 9.90 Å². The Bertz CT molecular complexity index is 1780. The van der Waals surface area contributed by atoms with Gasteiger partial charge >= 0.3 is 6.03 Å². The van der Waals surface area contributed by atoms with Crippen molar-refractivity contribution >= 4 is 17.4 Å². The van der Waals surface area contributed by atoms with Gasteiger partial charge in [0.25, 0.3) is 0 Å². The molecule has 3 N–H and O–H groups in total. The number of nitrogens with one attached hydrogen (secondary N) is 2. The van der Waals surface area contributed by atoms with Crippen LogP contribution >= 0.6 is 0 Å². The lowest BCUT2D eigenvalue weighted by molar-refractivity contribution is -0.276. The van der Waals surface area contributed by atoms with Crippen LogP contribution in [0.2, 0.25) is 0 Å². The number of rotatable bonds is 11. The fraction of sp³-hybridized carbons (Fsp3) is 0.244. The zero-order chi connectivity index (χ0) is 34.2. The molecule has 1 saturated heterocycles. The first-order valence-electron chi connectivity index (χ1n) is 16.6. The zero-order valence-corrected chi connectivity index (χ0v) is 28.0. The van der Waals surface area contributed by atoms with Gasteiger partial charge in [-0.25, -0.2) is 4.79 Å². The molecule has 49 heavy (non-hydrogen) atoms. The van der Waals surface area contributed by atoms with Crippen molar-refractivity contribution in [2.75, 3.05) is 24.2 Å². The molecule has 8 nitrogen and oxygen atoms in total. The fourth-order valence-electron chi connectivity index (χ4n) is 6.04. The summed E-state index contributed by atoms with van der Waals surface area (Å²) in [5.74, 6) is 1.46. The summed E-state index contributed by atoms with van der Waals surface area (Å²) >= 11 is 0. The van der Waals surface area contributed by atoms with E-state index in [0.717, 1.165) is 22.4 Å². The third-order valence-corrected chi connectivity index (χ3v) is 9.04. The normalized spacial score (nSPS) is 19.6. The number of carbonyl (C=O) groups excluding carboxylic acids is 1. The molecule has 0 bridgehead atoms. The van der Waals surface area contributed by atoms with Crippen LogP contribution in [0, 0.1) is 5.92 Å². The molecule has 2 amide bonds. The Morgan fingerprint density at radius 2 is 1.43 bits per heavy atom. The van der Waals surface area contributed by atoms with Crippen molar-refractivity contribution in [1.29, 1.82) is 0 Å². The van der Waals surface area contributed by atoms with Crippen LogP contribution in [0.25, 0.3) is 0 Å². The standard InChI is InChI=1S/C41H43N3O5/c1-28-38(26-44(3)29(2)31-11-6-4-7-12-31)48-40(49-39(28)32-19-17-30(27-45)18-20-32)33-13-10-14-35(25-33)43-41(46)42-34-21-23-37(24-22-34)47-36-15-8-5-9-16-36/h4-25,28-29,38-40,45H,26-27H2,1-3H3,(H2,42,43,46). The van der Waals surface area contributed by atoms with Crippen molar-refractivity contribution in [1.82, 2.24) is 4.90 Å². The van der Waals surface area contributed by atoms with E-state index in [1.165, 1.54) is 5.56 Å². The number of ether oxygens (including phenoxy) is 3. The van der Waals surface area contributed by atoms with Crippen LogP contribution in [0.4, 0.5) is 16.2 Å². The summed E-state index contributed by atoms with van der Waals surface area (Å²) in [6, 6.07) is 42.5. The summed E-state index contributed by atoms with van der Waals surface area (Å²) in [6.07, 6.45) is -1.05. The number of aliphatic hydroxyl groups is 1. The number of carbonyl (C=O) groups is 1. The molecule has 5 aromatic carbocycles. The quantitative estimate of drug-likeness (QED) is 0.131. The van der Waals surface area contributed by atoms with Crippen LogP contribution < -0.4 is 15.4 Å². The molecule has 0 aliphatic carbocycles. The Hall–Kier alpha value is -4.99. The molecule has 1 aliphatic heterocycles. The van der Waals surface area contributed by atoms with Gasteiger partial charge in [-0.15, -0.1) is 0 Å². The number of benzene rings is 5. The van der Waals surface area contributed by atoms with E-state index in [2.05, 4.69) is 60.7 Å². The topological polar surface area (TPSA) is 92.3 Å². The molecule has 1 heterocycles. The molecule has 252 valence electrons. The average molecular weight is 658 g/mol. The van der Waals surface area contributed by atoms with Crippen LogP contribution in [-0.2, 0) is 16.1 Å². The van der Waals surface area contributed by atoms with Crippen molar-refractivity contribution in [3.8, 4) is 11.5 Å². The predicted molar refractivity (Wildman–Crippen MR) is 192 cm³/mol. The summed E-state index contributed by atoms with van der Waals surface area (Å²) in [5.41, 5.74) is 5.16. The lowest BCUT2D eigenvalue weighted by atomic mass is 9.89. The van der Waals surface area contributed by atoms with Crippen molar-refractivity contribution in [2.45, 2.75) is 45.0 Å². The monoisotopic (exact) mass is 657 g/mol. The Morgan fingerprint density at radius 3 is 2.12 bits per heavy atom. The predicted octanol–water partition coefficient (Wildman–Crippen LogP) is 9.10. The first-order chi connectivity index (χ1) is 23.9. The molecule has 0 radical (unpaired) electrons. The minimum atomic E-state index is -0.661. The van der Waals surface area contributed by atoms with Gasteiger partial charge in [-0.05, 0) is 79.2 Å². The number of anilines is 2. The highest BCUT2D eigenvalue weighted by Crippen LogP contribution is 2.42. The maximum Gasteiger partial charge on any atom is 0.323 e. The van der Waals surface area contributed by atoms with Gasteiger partial charge < -0.3 is 30.0 Å². The Morgan fingerprint density at radius 1 is 0.776 bits per heavy atom. The van der Waals surface area contributed by atoms with Crippen molar-refractivity contribution in [2.24, 2.45) is 5.92 Å². The molecule has 5 atom stereocenters. The summed E-state index contributed by atoms with van der Waals surface area (Å²) in [6.45, 7) is 5.04. The second-order valence-electron chi connectivity index (χ2n) is 12.5. The number of amides is 2. The van der Waals surface area contributed by atoms with Crippen molar-refractivity contribution in [3.63, 3.8) is 0 Å². The molecule has 0 aromatic heterocycles. The van der Waals surface area contributed by atoms with Gasteiger partial charge in [0.1, 0.15) is 11.5 Å². The largest absolute Gasteiger partial charge is 0.457 e. The Balaban J connectivity index is 1.15. The van der Waals surface area contributed by atoms with Crippen LogP contribution in [0.1, 0.15) is 54.5 Å². The van der Waals surface area contributed by atoms with Gasteiger partial charge in [0, 0.05) is 35.4 Å². The van der Waals surface area contributed by atoms with Crippen LogP contribution in [0.15, 0.2) is 133 Å². The lowest BCUT2D eigenvalue weighted by Gasteiger charge is -2.43. The van der Waals surface area contributed by atoms with Crippen molar-refractivity contribution in [3.05, 3.63) is 156 Å². The SMILES string of the molecule is CC1C(CN(C)C(C)c2ccccc2)OC(c2cccc(NC(=O)Nc3ccc(Oc4ccccc4)cc3)c2)OC1c1ccc(CO)cc1. The highest BCUT2D eigenvalue weighted by atomic mass is 16.7. The molecule has 5 unspecified atom stereocenters. The highest BCUT2D eigenvalue weighted by Gasteiger charge is 2.39. The first-order valence-corrected chi connectivity index (χ1v) is 16.6. The van der Waals surface area contributed by atoms with Crippen LogP contribution in [-0.4, -0.2) is 35.7 Å². The minimum Gasteiger partial charge on any atom is -0.457 e. The summed E-state index contributed by atoms with van der Waals surface area (Å²) in [7, 11) is 2.12. The maximum atomic E-state index is 13.0. The highest BCUT2D eigenvalue weighted by molar-refractivity contribution is 5.99. The third-order valence-electron chi connectivity index (χ3n) is 9.04. The second-order valence-corrected chi connectivity index (χ2v) is 12.5. The third kappa shape index (κ3) is 8.73. The molecule has 5 aromatic rings. The molecular weight excluding hydrogens is 614 g/mol.